The lowest BCUT2D eigenvalue weighted by Gasteiger charge is -2.16. The number of nitrogens with one attached hydrogen (secondary N) is 1. The predicted octanol–water partition coefficient (Wildman–Crippen LogP) is 1.90. The van der Waals surface area contributed by atoms with E-state index >= 15 is 0 Å². The minimum absolute atomic E-state index is 0.450. The van der Waals surface area contributed by atoms with Gasteiger partial charge in [-0.05, 0) is 31.5 Å². The maximum absolute atomic E-state index is 4.40. The highest BCUT2D eigenvalue weighted by atomic mass is 15.3. The second-order valence-corrected chi connectivity index (χ2v) is 5.02. The van der Waals surface area contributed by atoms with Gasteiger partial charge in [0.25, 0.3) is 0 Å². The highest BCUT2D eigenvalue weighted by Crippen LogP contribution is 2.28. The van der Waals surface area contributed by atoms with Gasteiger partial charge in [0.05, 0.1) is 0 Å². The number of aromatic nitrogens is 3. The minimum atomic E-state index is 0.450. The second kappa shape index (κ2) is 4.53. The highest BCUT2D eigenvalue weighted by Gasteiger charge is 2.29. The summed E-state index contributed by atoms with van der Waals surface area (Å²) in [5.74, 6) is 3.09. The van der Waals surface area contributed by atoms with Crippen molar-refractivity contribution in [2.75, 3.05) is 13.1 Å². The zero-order valence-electron chi connectivity index (χ0n) is 10.8. The van der Waals surface area contributed by atoms with E-state index in [0.717, 1.165) is 30.4 Å². The molecule has 0 saturated carbocycles. The molecule has 0 bridgehead atoms. The number of benzene rings is 1. The number of rotatable bonds is 2. The van der Waals surface area contributed by atoms with Gasteiger partial charge in [0.1, 0.15) is 11.6 Å². The van der Waals surface area contributed by atoms with Crippen LogP contribution in [0.1, 0.15) is 24.5 Å². The minimum Gasteiger partial charge on any atom is -0.316 e. The summed E-state index contributed by atoms with van der Waals surface area (Å²) in [5, 5.41) is 12.1. The van der Waals surface area contributed by atoms with Crippen molar-refractivity contribution in [1.82, 2.24) is 20.1 Å². The molecule has 0 aliphatic carbocycles. The molecule has 1 aromatic heterocycles. The molecule has 94 valence electrons. The van der Waals surface area contributed by atoms with Gasteiger partial charge in [0.15, 0.2) is 0 Å². The van der Waals surface area contributed by atoms with Crippen LogP contribution in [-0.4, -0.2) is 27.9 Å². The topological polar surface area (TPSA) is 42.7 Å². The number of para-hydroxylation sites is 1. The number of aryl methyl sites for hydroxylation is 1. The predicted molar refractivity (Wildman–Crippen MR) is 70.9 cm³/mol. The summed E-state index contributed by atoms with van der Waals surface area (Å²) in [7, 11) is 0. The SMILES string of the molecule is Cc1nnc([C@@H]2CNC[C@H]2C)n1-c1ccccc1. The summed E-state index contributed by atoms with van der Waals surface area (Å²) in [6.45, 7) is 6.33. The molecule has 1 aromatic carbocycles. The Hall–Kier alpha value is -1.68. The molecule has 2 atom stereocenters. The lowest BCUT2D eigenvalue weighted by atomic mass is 9.97. The van der Waals surface area contributed by atoms with Crippen LogP contribution < -0.4 is 5.32 Å². The first kappa shape index (κ1) is 11.4. The summed E-state index contributed by atoms with van der Waals surface area (Å²) in [6, 6.07) is 10.3. The molecule has 2 heterocycles. The van der Waals surface area contributed by atoms with Crippen LogP contribution in [0, 0.1) is 12.8 Å². The Labute approximate surface area is 107 Å². The van der Waals surface area contributed by atoms with Gasteiger partial charge in [-0.25, -0.2) is 0 Å². The molecule has 1 fully saturated rings. The molecule has 0 spiro atoms. The van der Waals surface area contributed by atoms with Crippen molar-refractivity contribution in [1.29, 1.82) is 0 Å². The molecule has 4 nitrogen and oxygen atoms in total. The molecule has 1 saturated heterocycles. The fraction of sp³-hybridized carbons (Fsp3) is 0.429. The Morgan fingerprint density at radius 3 is 2.61 bits per heavy atom. The molecular formula is C14H18N4. The Morgan fingerprint density at radius 1 is 1.17 bits per heavy atom. The zero-order valence-corrected chi connectivity index (χ0v) is 10.8. The quantitative estimate of drug-likeness (QED) is 0.874. The molecule has 4 heteroatoms. The van der Waals surface area contributed by atoms with Gasteiger partial charge in [-0.2, -0.15) is 0 Å². The lowest BCUT2D eigenvalue weighted by Crippen LogP contribution is -2.14. The van der Waals surface area contributed by atoms with Crippen molar-refractivity contribution in [3.05, 3.63) is 42.0 Å². The van der Waals surface area contributed by atoms with Crippen molar-refractivity contribution in [2.45, 2.75) is 19.8 Å². The number of hydrogen-bond acceptors (Lipinski definition) is 3. The molecular weight excluding hydrogens is 224 g/mol. The van der Waals surface area contributed by atoms with Gasteiger partial charge in [-0.1, -0.05) is 25.1 Å². The average Bonchev–Trinajstić information content (AvgIpc) is 2.96. The fourth-order valence-electron chi connectivity index (χ4n) is 2.67. The molecule has 2 aromatic rings. The van der Waals surface area contributed by atoms with Crippen LogP contribution in [0.3, 0.4) is 0 Å². The van der Waals surface area contributed by atoms with E-state index in [4.69, 9.17) is 0 Å². The molecule has 1 aliphatic heterocycles. The van der Waals surface area contributed by atoms with Gasteiger partial charge in [-0.15, -0.1) is 10.2 Å². The number of nitrogens with zero attached hydrogens (tertiary/aromatic N) is 3. The summed E-state index contributed by atoms with van der Waals surface area (Å²) in [4.78, 5) is 0. The van der Waals surface area contributed by atoms with Crippen molar-refractivity contribution in [3.63, 3.8) is 0 Å². The monoisotopic (exact) mass is 242 g/mol. The van der Waals surface area contributed by atoms with E-state index in [-0.39, 0.29) is 0 Å². The van der Waals surface area contributed by atoms with E-state index in [0.29, 0.717) is 11.8 Å². The van der Waals surface area contributed by atoms with Crippen LogP contribution in [0.5, 0.6) is 0 Å². The van der Waals surface area contributed by atoms with Crippen LogP contribution >= 0.6 is 0 Å². The first-order valence-electron chi connectivity index (χ1n) is 6.45. The van der Waals surface area contributed by atoms with Crippen LogP contribution in [0.25, 0.3) is 5.69 Å². The van der Waals surface area contributed by atoms with Crippen molar-refractivity contribution in [3.8, 4) is 5.69 Å². The van der Waals surface area contributed by atoms with E-state index in [1.54, 1.807) is 0 Å². The van der Waals surface area contributed by atoms with E-state index < -0.39 is 0 Å². The summed E-state index contributed by atoms with van der Waals surface area (Å²) in [6.07, 6.45) is 0. The highest BCUT2D eigenvalue weighted by molar-refractivity contribution is 5.34. The average molecular weight is 242 g/mol. The largest absolute Gasteiger partial charge is 0.316 e. The van der Waals surface area contributed by atoms with E-state index in [2.05, 4.69) is 51.3 Å². The smallest absolute Gasteiger partial charge is 0.142 e. The van der Waals surface area contributed by atoms with Crippen molar-refractivity contribution in [2.24, 2.45) is 5.92 Å². The Balaban J connectivity index is 2.07. The summed E-state index contributed by atoms with van der Waals surface area (Å²) in [5.41, 5.74) is 1.15. The van der Waals surface area contributed by atoms with Crippen LogP contribution in [0.2, 0.25) is 0 Å². The van der Waals surface area contributed by atoms with Crippen LogP contribution in [-0.2, 0) is 0 Å². The standard InChI is InChI=1S/C14H18N4/c1-10-8-15-9-13(10)14-17-16-11(2)18(14)12-6-4-3-5-7-12/h3-7,10,13,15H,8-9H2,1-2H3/t10-,13-/m1/s1. The molecule has 0 amide bonds. The third kappa shape index (κ3) is 1.82. The second-order valence-electron chi connectivity index (χ2n) is 5.02. The maximum Gasteiger partial charge on any atom is 0.142 e. The van der Waals surface area contributed by atoms with Gasteiger partial charge in [-0.3, -0.25) is 4.57 Å². The Morgan fingerprint density at radius 2 is 1.94 bits per heavy atom. The van der Waals surface area contributed by atoms with Gasteiger partial charge >= 0.3 is 0 Å². The normalized spacial score (nSPS) is 23.4. The van der Waals surface area contributed by atoms with Gasteiger partial charge in [0.2, 0.25) is 0 Å². The lowest BCUT2D eigenvalue weighted by molar-refractivity contribution is 0.537. The third-order valence-corrected chi connectivity index (χ3v) is 3.71. The van der Waals surface area contributed by atoms with Crippen LogP contribution in [0.15, 0.2) is 30.3 Å². The van der Waals surface area contributed by atoms with E-state index in [9.17, 15) is 0 Å². The molecule has 1 aliphatic rings. The van der Waals surface area contributed by atoms with Gasteiger partial charge in [0, 0.05) is 18.2 Å². The van der Waals surface area contributed by atoms with Crippen LogP contribution in [0.4, 0.5) is 0 Å². The zero-order chi connectivity index (χ0) is 12.5. The molecule has 3 rings (SSSR count). The fourth-order valence-corrected chi connectivity index (χ4v) is 2.67. The third-order valence-electron chi connectivity index (χ3n) is 3.71. The van der Waals surface area contributed by atoms with Gasteiger partial charge < -0.3 is 5.32 Å². The first-order chi connectivity index (χ1) is 8.77. The molecule has 0 unspecified atom stereocenters. The molecule has 18 heavy (non-hydrogen) atoms. The van der Waals surface area contributed by atoms with Crippen molar-refractivity contribution < 1.29 is 0 Å². The summed E-state index contributed by atoms with van der Waals surface area (Å²) >= 11 is 0. The number of hydrogen-bond donors (Lipinski definition) is 1. The maximum atomic E-state index is 4.40. The van der Waals surface area contributed by atoms with E-state index in [1.165, 1.54) is 0 Å². The summed E-state index contributed by atoms with van der Waals surface area (Å²) < 4.78 is 2.17. The van der Waals surface area contributed by atoms with E-state index in [1.807, 2.05) is 13.0 Å². The Bertz CT molecular complexity index is 532. The van der Waals surface area contributed by atoms with Crippen molar-refractivity contribution >= 4 is 0 Å². The molecule has 1 N–H and O–H groups in total. The molecule has 0 radical (unpaired) electrons. The first-order valence-corrected chi connectivity index (χ1v) is 6.45. The Kier molecular flexibility index (Phi) is 2.88.